The highest BCUT2D eigenvalue weighted by atomic mass is 19.3. The first-order valence-electron chi connectivity index (χ1n) is 13.3. The molecule has 2 unspecified atom stereocenters. The number of hydrogen-bond donors (Lipinski definition) is 1. The Morgan fingerprint density at radius 1 is 1.29 bits per heavy atom. The van der Waals surface area contributed by atoms with Gasteiger partial charge in [0.05, 0.1) is 17.4 Å². The lowest BCUT2D eigenvalue weighted by atomic mass is 9.74. The number of rotatable bonds is 5. The minimum atomic E-state index is -2.99. The Labute approximate surface area is 219 Å². The molecule has 1 fully saturated rings. The number of nitrogens with two attached hydrogens (primary N) is 1. The molecule has 1 saturated carbocycles. The minimum Gasteiger partial charge on any atom is -0.434 e. The van der Waals surface area contributed by atoms with Crippen LogP contribution in [0.3, 0.4) is 0 Å². The molecule has 4 heterocycles. The van der Waals surface area contributed by atoms with Crippen LogP contribution in [-0.4, -0.2) is 68.9 Å². The standard InChI is InChI=1S/C28H30F2N6O2/c1-34-20-12-19(22-18(25(34)37)4-2-5-21(22)38-26(29)30)24-23(20)33-27-32-13-17(14-36(24)27)16-6-10-35(11-7-16)28(15-31)8-3-9-28/h2,4-6,13-14,19-20,26H,3,7-12,15,31H2,1H3. The van der Waals surface area contributed by atoms with Crippen LogP contribution in [0.1, 0.15) is 76.9 Å². The molecule has 2 aromatic heterocycles. The number of ether oxygens (including phenoxy) is 1. The van der Waals surface area contributed by atoms with Crippen molar-refractivity contribution in [3.63, 3.8) is 0 Å². The highest BCUT2D eigenvalue weighted by Gasteiger charge is 2.46. The largest absolute Gasteiger partial charge is 0.434 e. The molecule has 0 saturated heterocycles. The normalized spacial score (nSPS) is 24.2. The first-order chi connectivity index (χ1) is 18.4. The molecule has 4 aliphatic rings. The zero-order valence-corrected chi connectivity index (χ0v) is 21.2. The predicted octanol–water partition coefficient (Wildman–Crippen LogP) is 3.96. The molecule has 0 radical (unpaired) electrons. The molecule has 38 heavy (non-hydrogen) atoms. The maximum Gasteiger partial charge on any atom is 0.387 e. The fourth-order valence-corrected chi connectivity index (χ4v) is 6.98. The maximum absolute atomic E-state index is 13.3. The van der Waals surface area contributed by atoms with Gasteiger partial charge in [-0.2, -0.15) is 8.78 Å². The molecule has 7 rings (SSSR count). The molecule has 2 atom stereocenters. The Kier molecular flexibility index (Phi) is 5.35. The van der Waals surface area contributed by atoms with Gasteiger partial charge in [0.25, 0.3) is 5.91 Å². The summed E-state index contributed by atoms with van der Waals surface area (Å²) in [5, 5.41) is 0. The lowest BCUT2D eigenvalue weighted by molar-refractivity contribution is -0.0506. The van der Waals surface area contributed by atoms with Crippen molar-refractivity contribution in [1.82, 2.24) is 24.2 Å². The van der Waals surface area contributed by atoms with Crippen LogP contribution in [0, 0.1) is 0 Å². The van der Waals surface area contributed by atoms with E-state index >= 15 is 0 Å². The number of hydrogen-bond acceptors (Lipinski definition) is 6. The van der Waals surface area contributed by atoms with E-state index in [1.807, 2.05) is 10.6 Å². The third-order valence-electron chi connectivity index (χ3n) is 9.21. The van der Waals surface area contributed by atoms with Crippen molar-refractivity contribution >= 4 is 17.3 Å². The Bertz CT molecular complexity index is 1470. The first-order valence-corrected chi connectivity index (χ1v) is 13.3. The summed E-state index contributed by atoms with van der Waals surface area (Å²) >= 11 is 0. The van der Waals surface area contributed by atoms with Gasteiger partial charge in [0.1, 0.15) is 5.75 Å². The second kappa shape index (κ2) is 8.57. The third-order valence-corrected chi connectivity index (χ3v) is 9.21. The van der Waals surface area contributed by atoms with Gasteiger partial charge in [-0.05, 0) is 49.8 Å². The lowest BCUT2D eigenvalue weighted by Crippen LogP contribution is -2.59. The van der Waals surface area contributed by atoms with Gasteiger partial charge in [0.15, 0.2) is 0 Å². The van der Waals surface area contributed by atoms with Crippen LogP contribution >= 0.6 is 0 Å². The minimum absolute atomic E-state index is 0.0386. The van der Waals surface area contributed by atoms with Gasteiger partial charge < -0.3 is 15.4 Å². The third kappa shape index (κ3) is 3.36. The maximum atomic E-state index is 13.3. The summed E-state index contributed by atoms with van der Waals surface area (Å²) in [4.78, 5) is 27.0. The van der Waals surface area contributed by atoms with Crippen LogP contribution in [0.4, 0.5) is 8.78 Å². The van der Waals surface area contributed by atoms with Crippen LogP contribution in [0.15, 0.2) is 36.7 Å². The number of imidazole rings is 1. The zero-order chi connectivity index (χ0) is 26.2. The number of carbonyl (C=O) groups is 1. The number of amides is 1. The van der Waals surface area contributed by atoms with E-state index in [9.17, 15) is 13.6 Å². The van der Waals surface area contributed by atoms with E-state index < -0.39 is 6.61 Å². The molecule has 8 nitrogen and oxygen atoms in total. The van der Waals surface area contributed by atoms with Gasteiger partial charge in [-0.15, -0.1) is 0 Å². The molecule has 3 aromatic rings. The molecular weight excluding hydrogens is 490 g/mol. The van der Waals surface area contributed by atoms with Crippen LogP contribution in [0.2, 0.25) is 0 Å². The Balaban J connectivity index is 1.31. The number of alkyl halides is 2. The smallest absolute Gasteiger partial charge is 0.387 e. The fraction of sp³-hybridized carbons (Fsp3) is 0.464. The Hall–Kier alpha value is -3.37. The average Bonchev–Trinajstić information content (AvgIpc) is 3.41. The highest BCUT2D eigenvalue weighted by Crippen LogP contribution is 2.52. The van der Waals surface area contributed by atoms with Gasteiger partial charge in [0.2, 0.25) is 5.78 Å². The molecule has 198 valence electrons. The average molecular weight is 521 g/mol. The van der Waals surface area contributed by atoms with Crippen molar-refractivity contribution in [2.45, 2.75) is 56.2 Å². The zero-order valence-electron chi connectivity index (χ0n) is 21.2. The molecule has 2 bridgehead atoms. The Morgan fingerprint density at radius 3 is 2.82 bits per heavy atom. The highest BCUT2D eigenvalue weighted by molar-refractivity contribution is 5.98. The van der Waals surface area contributed by atoms with Crippen molar-refractivity contribution in [1.29, 1.82) is 0 Å². The van der Waals surface area contributed by atoms with Crippen molar-refractivity contribution < 1.29 is 18.3 Å². The number of benzene rings is 1. The van der Waals surface area contributed by atoms with Crippen LogP contribution in [0.5, 0.6) is 5.75 Å². The molecule has 2 N–H and O–H groups in total. The SMILES string of the molecule is CN1C(=O)c2cccc(OC(F)F)c2C2CC1c1nc3ncc(C4=CCN(C5(CN)CCC5)CC4)cn3c12. The predicted molar refractivity (Wildman–Crippen MR) is 137 cm³/mol. The summed E-state index contributed by atoms with van der Waals surface area (Å²) in [6.07, 6.45) is 11.2. The summed E-state index contributed by atoms with van der Waals surface area (Å²) in [7, 11) is 1.74. The van der Waals surface area contributed by atoms with Gasteiger partial charge in [-0.3, -0.25) is 14.1 Å². The second-order valence-corrected chi connectivity index (χ2v) is 10.9. The molecular formula is C28H30F2N6O2. The quantitative estimate of drug-likeness (QED) is 0.548. The van der Waals surface area contributed by atoms with E-state index in [2.05, 4.69) is 22.2 Å². The van der Waals surface area contributed by atoms with Gasteiger partial charge in [-0.1, -0.05) is 12.1 Å². The van der Waals surface area contributed by atoms with Crippen molar-refractivity contribution in [2.75, 3.05) is 26.7 Å². The lowest BCUT2D eigenvalue weighted by Gasteiger charge is -2.51. The summed E-state index contributed by atoms with van der Waals surface area (Å²) in [6.45, 7) is -0.460. The number of carbonyl (C=O) groups excluding carboxylic acids is 1. The van der Waals surface area contributed by atoms with E-state index in [0.29, 0.717) is 29.9 Å². The van der Waals surface area contributed by atoms with Crippen LogP contribution in [0.25, 0.3) is 11.4 Å². The van der Waals surface area contributed by atoms with E-state index in [-0.39, 0.29) is 29.2 Å². The summed E-state index contributed by atoms with van der Waals surface area (Å²) in [6, 6.07) is 4.53. The molecule has 2 aliphatic carbocycles. The molecule has 0 spiro atoms. The summed E-state index contributed by atoms with van der Waals surface area (Å²) < 4.78 is 33.6. The molecule has 2 aliphatic heterocycles. The van der Waals surface area contributed by atoms with Crippen LogP contribution in [-0.2, 0) is 0 Å². The van der Waals surface area contributed by atoms with Gasteiger partial charge in [0, 0.05) is 67.2 Å². The van der Waals surface area contributed by atoms with Gasteiger partial charge in [-0.25, -0.2) is 9.97 Å². The first kappa shape index (κ1) is 23.7. The van der Waals surface area contributed by atoms with Crippen LogP contribution < -0.4 is 10.5 Å². The van der Waals surface area contributed by atoms with Crippen molar-refractivity contribution in [3.05, 3.63) is 64.7 Å². The van der Waals surface area contributed by atoms with E-state index in [1.54, 1.807) is 24.1 Å². The number of fused-ring (bicyclic) bond motifs is 9. The summed E-state index contributed by atoms with van der Waals surface area (Å²) in [5.41, 5.74) is 11.1. The fourth-order valence-electron chi connectivity index (χ4n) is 6.98. The molecule has 1 amide bonds. The van der Waals surface area contributed by atoms with E-state index in [4.69, 9.17) is 15.5 Å². The topological polar surface area (TPSA) is 89.0 Å². The number of aromatic nitrogens is 3. The summed E-state index contributed by atoms with van der Waals surface area (Å²) in [5.74, 6) is 0.0401. The number of nitrogens with zero attached hydrogens (tertiary/aromatic N) is 5. The molecule has 10 heteroatoms. The van der Waals surface area contributed by atoms with Crippen molar-refractivity contribution in [2.24, 2.45) is 5.73 Å². The van der Waals surface area contributed by atoms with E-state index in [0.717, 1.165) is 36.5 Å². The monoisotopic (exact) mass is 520 g/mol. The second-order valence-electron chi connectivity index (χ2n) is 10.9. The Morgan fingerprint density at radius 2 is 2.13 bits per heavy atom. The van der Waals surface area contributed by atoms with Gasteiger partial charge >= 0.3 is 6.61 Å². The van der Waals surface area contributed by atoms with E-state index in [1.165, 1.54) is 30.9 Å². The molecule has 1 aromatic carbocycles. The van der Waals surface area contributed by atoms with Crippen molar-refractivity contribution in [3.8, 4) is 5.75 Å². The number of halogens is 2.